The SMILES string of the molecule is C=CC[C@@H](/C=C(\C)C(=O)O)NCC(=O)C(NC(=O)C(N(C)C(=O)OC(C)(C)C)C(C)(C)c1ccccc1)C(C)(C)C. The maximum Gasteiger partial charge on any atom is 0.410 e. The molecule has 3 N–H and O–H groups in total. The summed E-state index contributed by atoms with van der Waals surface area (Å²) in [5.41, 5.74) is -1.30. The quantitative estimate of drug-likeness (QED) is 0.228. The van der Waals surface area contributed by atoms with Gasteiger partial charge >= 0.3 is 12.1 Å². The van der Waals surface area contributed by atoms with E-state index in [1.807, 2.05) is 65.0 Å². The molecule has 0 aliphatic rings. The summed E-state index contributed by atoms with van der Waals surface area (Å²) in [6.07, 6.45) is 2.93. The molecule has 2 amide bonds. The number of likely N-dealkylation sites (N-methyl/N-ethyl adjacent to an activating group) is 1. The van der Waals surface area contributed by atoms with Gasteiger partial charge in [-0.1, -0.05) is 77.1 Å². The van der Waals surface area contributed by atoms with E-state index in [1.165, 1.54) is 24.9 Å². The number of ketones is 1. The van der Waals surface area contributed by atoms with Crippen LogP contribution in [0.15, 0.2) is 54.6 Å². The standard InChI is InChI=1S/C32H49N3O6/c1-12-16-23(19-21(2)28(38)39)33-20-24(36)25(30(3,4)5)34-27(37)26(35(11)29(40)41-31(6,7)8)32(9,10)22-17-14-13-15-18-22/h12-15,17-19,23,25-26,33H,1,16,20H2,2-11H3,(H,34,37)(H,38,39)/b21-19+/t23-,25?,26?/m0/s1. The first-order valence-corrected chi connectivity index (χ1v) is 13.8. The topological polar surface area (TPSA) is 125 Å². The zero-order chi connectivity index (χ0) is 31.8. The van der Waals surface area contributed by atoms with Crippen molar-refractivity contribution in [2.24, 2.45) is 5.41 Å². The smallest absolute Gasteiger partial charge is 0.410 e. The van der Waals surface area contributed by atoms with E-state index in [0.717, 1.165) is 5.56 Å². The number of carbonyl (C=O) groups is 4. The number of carboxylic acids is 1. The molecule has 0 saturated carbocycles. The van der Waals surface area contributed by atoms with Crippen LogP contribution in [0, 0.1) is 5.41 Å². The monoisotopic (exact) mass is 571 g/mol. The lowest BCUT2D eigenvalue weighted by Gasteiger charge is -2.41. The first kappa shape index (κ1) is 35.6. The molecule has 3 atom stereocenters. The molecule has 2 unspecified atom stereocenters. The van der Waals surface area contributed by atoms with Gasteiger partial charge in [-0.25, -0.2) is 9.59 Å². The van der Waals surface area contributed by atoms with Crippen LogP contribution in [0.1, 0.15) is 74.3 Å². The van der Waals surface area contributed by atoms with E-state index in [0.29, 0.717) is 6.42 Å². The Morgan fingerprint density at radius 2 is 1.59 bits per heavy atom. The van der Waals surface area contributed by atoms with Gasteiger partial charge in [-0.2, -0.15) is 0 Å². The second-order valence-corrected chi connectivity index (χ2v) is 13.0. The first-order valence-electron chi connectivity index (χ1n) is 13.8. The molecule has 0 radical (unpaired) electrons. The lowest BCUT2D eigenvalue weighted by Crippen LogP contribution is -2.62. The molecular formula is C32H49N3O6. The molecule has 1 aromatic carbocycles. The summed E-state index contributed by atoms with van der Waals surface area (Å²) in [4.78, 5) is 53.4. The third kappa shape index (κ3) is 10.8. The minimum atomic E-state index is -1.05. The van der Waals surface area contributed by atoms with E-state index in [1.54, 1.807) is 26.8 Å². The lowest BCUT2D eigenvalue weighted by molar-refractivity contribution is -0.134. The second-order valence-electron chi connectivity index (χ2n) is 13.0. The van der Waals surface area contributed by atoms with Crippen molar-refractivity contribution in [2.75, 3.05) is 13.6 Å². The average molecular weight is 572 g/mol. The predicted octanol–water partition coefficient (Wildman–Crippen LogP) is 4.86. The number of Topliss-reactive ketones (excluding diaryl/α,β-unsaturated/α-hetero) is 1. The number of benzene rings is 1. The Kier molecular flexibility index (Phi) is 12.5. The van der Waals surface area contributed by atoms with Crippen LogP contribution >= 0.6 is 0 Å². The number of aliphatic carboxylic acids is 1. The van der Waals surface area contributed by atoms with Gasteiger partial charge in [0, 0.05) is 24.1 Å². The second kappa shape index (κ2) is 14.4. The molecule has 41 heavy (non-hydrogen) atoms. The fourth-order valence-corrected chi connectivity index (χ4v) is 4.55. The highest BCUT2D eigenvalue weighted by molar-refractivity contribution is 5.94. The number of nitrogens with one attached hydrogen (secondary N) is 2. The van der Waals surface area contributed by atoms with Crippen molar-refractivity contribution >= 4 is 23.8 Å². The van der Waals surface area contributed by atoms with Crippen LogP contribution in [0.25, 0.3) is 0 Å². The van der Waals surface area contributed by atoms with Gasteiger partial charge in [-0.15, -0.1) is 6.58 Å². The van der Waals surface area contributed by atoms with Crippen molar-refractivity contribution in [3.63, 3.8) is 0 Å². The summed E-state index contributed by atoms with van der Waals surface area (Å²) in [6.45, 7) is 19.6. The van der Waals surface area contributed by atoms with E-state index in [2.05, 4.69) is 17.2 Å². The molecule has 0 aliphatic heterocycles. The number of carboxylic acid groups (broad SMARTS) is 1. The summed E-state index contributed by atoms with van der Waals surface area (Å²) < 4.78 is 5.59. The molecule has 1 aromatic rings. The van der Waals surface area contributed by atoms with E-state index in [4.69, 9.17) is 4.74 Å². The number of hydrogen-bond donors (Lipinski definition) is 3. The fourth-order valence-electron chi connectivity index (χ4n) is 4.55. The van der Waals surface area contributed by atoms with Crippen molar-refractivity contribution < 1.29 is 29.0 Å². The Morgan fingerprint density at radius 1 is 1.02 bits per heavy atom. The Hall–Kier alpha value is -3.46. The van der Waals surface area contributed by atoms with Crippen LogP contribution in [0.4, 0.5) is 4.79 Å². The van der Waals surface area contributed by atoms with Crippen LogP contribution in [-0.2, 0) is 24.5 Å². The highest BCUT2D eigenvalue weighted by Gasteiger charge is 2.45. The van der Waals surface area contributed by atoms with Crippen LogP contribution in [0.2, 0.25) is 0 Å². The van der Waals surface area contributed by atoms with Crippen molar-refractivity contribution in [3.8, 4) is 0 Å². The van der Waals surface area contributed by atoms with E-state index in [9.17, 15) is 24.3 Å². The highest BCUT2D eigenvalue weighted by atomic mass is 16.6. The zero-order valence-corrected chi connectivity index (χ0v) is 26.3. The molecule has 0 bridgehead atoms. The van der Waals surface area contributed by atoms with Crippen LogP contribution in [0.3, 0.4) is 0 Å². The highest BCUT2D eigenvalue weighted by Crippen LogP contribution is 2.32. The third-order valence-corrected chi connectivity index (χ3v) is 6.74. The van der Waals surface area contributed by atoms with Gasteiger partial charge < -0.3 is 20.5 Å². The van der Waals surface area contributed by atoms with Crippen molar-refractivity contribution in [2.45, 2.75) is 97.9 Å². The van der Waals surface area contributed by atoms with Crippen molar-refractivity contribution in [1.29, 1.82) is 0 Å². The van der Waals surface area contributed by atoms with Gasteiger partial charge in [0.2, 0.25) is 5.91 Å². The molecule has 0 aliphatic carbocycles. The fraction of sp³-hybridized carbons (Fsp3) is 0.562. The van der Waals surface area contributed by atoms with Crippen LogP contribution in [-0.4, -0.2) is 71.1 Å². The molecule has 0 saturated heterocycles. The van der Waals surface area contributed by atoms with Gasteiger partial charge in [-0.05, 0) is 45.1 Å². The van der Waals surface area contributed by atoms with E-state index < -0.39 is 52.5 Å². The molecule has 9 heteroatoms. The molecule has 0 heterocycles. The molecular weight excluding hydrogens is 522 g/mol. The summed E-state index contributed by atoms with van der Waals surface area (Å²) in [5, 5.41) is 15.3. The largest absolute Gasteiger partial charge is 0.478 e. The lowest BCUT2D eigenvalue weighted by atomic mass is 9.76. The normalized spacial score (nSPS) is 14.8. The van der Waals surface area contributed by atoms with Gasteiger partial charge in [0.1, 0.15) is 11.6 Å². The predicted molar refractivity (Wildman–Crippen MR) is 162 cm³/mol. The van der Waals surface area contributed by atoms with Gasteiger partial charge in [0.05, 0.1) is 12.6 Å². The molecule has 9 nitrogen and oxygen atoms in total. The van der Waals surface area contributed by atoms with Crippen LogP contribution < -0.4 is 10.6 Å². The molecule has 1 rings (SSSR count). The number of carbonyl (C=O) groups excluding carboxylic acids is 3. The summed E-state index contributed by atoms with van der Waals surface area (Å²) in [6, 6.07) is 7.06. The van der Waals surface area contributed by atoms with Gasteiger partial charge in [0.15, 0.2) is 5.78 Å². The number of hydrogen-bond acceptors (Lipinski definition) is 6. The van der Waals surface area contributed by atoms with E-state index >= 15 is 0 Å². The Bertz CT molecular complexity index is 1110. The number of nitrogens with zero attached hydrogens (tertiary/aromatic N) is 1. The van der Waals surface area contributed by atoms with E-state index in [-0.39, 0.29) is 17.9 Å². The zero-order valence-electron chi connectivity index (χ0n) is 26.3. The summed E-state index contributed by atoms with van der Waals surface area (Å²) in [5.74, 6) is -1.82. The number of amides is 2. The maximum absolute atomic E-state index is 14.1. The molecule has 228 valence electrons. The van der Waals surface area contributed by atoms with Crippen LogP contribution in [0.5, 0.6) is 0 Å². The summed E-state index contributed by atoms with van der Waals surface area (Å²) in [7, 11) is 1.52. The molecule has 0 aromatic heterocycles. The van der Waals surface area contributed by atoms with Gasteiger partial charge in [-0.3, -0.25) is 14.5 Å². The molecule has 0 fully saturated rings. The minimum Gasteiger partial charge on any atom is -0.478 e. The van der Waals surface area contributed by atoms with Gasteiger partial charge in [0.25, 0.3) is 0 Å². The Labute approximate surface area is 245 Å². The van der Waals surface area contributed by atoms with Crippen molar-refractivity contribution in [3.05, 3.63) is 60.2 Å². The minimum absolute atomic E-state index is 0.112. The van der Waals surface area contributed by atoms with Crippen molar-refractivity contribution in [1.82, 2.24) is 15.5 Å². The average Bonchev–Trinajstić information content (AvgIpc) is 2.84. The maximum atomic E-state index is 14.1. The Balaban J connectivity index is 3.38. The molecule has 0 spiro atoms. The number of rotatable bonds is 13. The Morgan fingerprint density at radius 3 is 2.05 bits per heavy atom. The number of ether oxygens (including phenoxy) is 1. The summed E-state index contributed by atoms with van der Waals surface area (Å²) >= 11 is 0. The first-order chi connectivity index (χ1) is 18.7. The third-order valence-electron chi connectivity index (χ3n) is 6.74.